The van der Waals surface area contributed by atoms with Crippen molar-refractivity contribution in [3.63, 3.8) is 0 Å². The molecule has 0 fully saturated rings. The Morgan fingerprint density at radius 1 is 0.769 bits per heavy atom. The maximum Gasteiger partial charge on any atom is 0.173 e. The molecule has 0 unspecified atom stereocenters. The quantitative estimate of drug-likeness (QED) is 0.442. The number of benzene rings is 3. The van der Waals surface area contributed by atoms with Crippen LogP contribution >= 0.6 is 23.2 Å². The van der Waals surface area contributed by atoms with Crippen molar-refractivity contribution < 1.29 is 9.84 Å². The molecular formula is C22H20BrO2P. The van der Waals surface area contributed by atoms with E-state index in [1.54, 1.807) is 0 Å². The molecule has 0 N–H and O–H groups in total. The van der Waals surface area contributed by atoms with Crippen molar-refractivity contribution >= 4 is 39.1 Å². The van der Waals surface area contributed by atoms with Crippen molar-refractivity contribution in [3.8, 4) is 0 Å². The van der Waals surface area contributed by atoms with Crippen LogP contribution in [0.1, 0.15) is 6.92 Å². The van der Waals surface area contributed by atoms with Crippen LogP contribution in [0, 0.1) is 0 Å². The fourth-order valence-corrected chi connectivity index (χ4v) is 8.80. The molecule has 0 aliphatic carbocycles. The van der Waals surface area contributed by atoms with Gasteiger partial charge in [-0.3, -0.25) is 0 Å². The van der Waals surface area contributed by atoms with Crippen LogP contribution < -0.4 is 21.0 Å². The zero-order chi connectivity index (χ0) is 18.4. The van der Waals surface area contributed by atoms with Gasteiger partial charge >= 0.3 is 0 Å². The second kappa shape index (κ2) is 8.53. The Bertz CT molecular complexity index is 768. The molecule has 0 aliphatic heterocycles. The number of halogens is 1. The standard InChI is InChI=1S/C22H20BrO2P/c1-2-25-22(24)21(23)26(18-12-6-3-7-13-18,19-14-8-4-9-15-19)20-16-10-5-11-17-20/h3-17H,2H2,1H3/b22-21+. The summed E-state index contributed by atoms with van der Waals surface area (Å²) in [6.07, 6.45) is 0. The van der Waals surface area contributed by atoms with Gasteiger partial charge in [0.05, 0.1) is 0 Å². The first kappa shape index (κ1) is 18.7. The van der Waals surface area contributed by atoms with E-state index in [1.807, 2.05) is 61.5 Å². The zero-order valence-electron chi connectivity index (χ0n) is 14.5. The number of rotatable bonds is 6. The van der Waals surface area contributed by atoms with E-state index in [-0.39, 0.29) is 5.95 Å². The number of hydrogen-bond acceptors (Lipinski definition) is 2. The molecule has 0 aromatic heterocycles. The van der Waals surface area contributed by atoms with Crippen molar-refractivity contribution in [2.75, 3.05) is 6.61 Å². The van der Waals surface area contributed by atoms with Gasteiger partial charge in [-0.25, -0.2) is 0 Å². The highest BCUT2D eigenvalue weighted by Crippen LogP contribution is 2.65. The second-order valence-electron chi connectivity index (χ2n) is 5.69. The van der Waals surface area contributed by atoms with Crippen molar-refractivity contribution in [2.24, 2.45) is 0 Å². The lowest BCUT2D eigenvalue weighted by Gasteiger charge is -2.29. The van der Waals surface area contributed by atoms with Crippen LogP contribution in [0.15, 0.2) is 101 Å². The zero-order valence-corrected chi connectivity index (χ0v) is 17.0. The summed E-state index contributed by atoms with van der Waals surface area (Å²) in [5.41, 5.74) is 0. The second-order valence-corrected chi connectivity index (χ2v) is 10.4. The molecule has 3 aromatic rings. The molecule has 26 heavy (non-hydrogen) atoms. The van der Waals surface area contributed by atoms with Gasteiger partial charge in [0.1, 0.15) is 21.9 Å². The van der Waals surface area contributed by atoms with Crippen LogP contribution in [0.25, 0.3) is 0 Å². The molecule has 0 atom stereocenters. The average molecular weight is 427 g/mol. The van der Waals surface area contributed by atoms with Gasteiger partial charge in [-0.15, -0.1) is 0 Å². The predicted octanol–water partition coefficient (Wildman–Crippen LogP) is 3.90. The van der Waals surface area contributed by atoms with Gasteiger partial charge in [0, 0.05) is 0 Å². The van der Waals surface area contributed by atoms with Gasteiger partial charge in [-0.2, -0.15) is 0 Å². The summed E-state index contributed by atoms with van der Waals surface area (Å²) < 4.78 is 5.96. The van der Waals surface area contributed by atoms with E-state index in [4.69, 9.17) is 4.74 Å². The van der Waals surface area contributed by atoms with Gasteiger partial charge in [-0.05, 0) is 58.9 Å². The number of ether oxygens (including phenoxy) is 1. The minimum atomic E-state index is -2.37. The topological polar surface area (TPSA) is 32.3 Å². The Morgan fingerprint density at radius 3 is 1.42 bits per heavy atom. The summed E-state index contributed by atoms with van der Waals surface area (Å²) in [6.45, 7) is 2.16. The third-order valence-corrected chi connectivity index (χ3v) is 10.1. The highest BCUT2D eigenvalue weighted by Gasteiger charge is 2.49. The molecular weight excluding hydrogens is 407 g/mol. The van der Waals surface area contributed by atoms with Crippen LogP contribution in [-0.2, 0) is 4.74 Å². The largest absolute Gasteiger partial charge is 0.610 e. The highest BCUT2D eigenvalue weighted by molar-refractivity contribution is 9.13. The Kier molecular flexibility index (Phi) is 6.13. The maximum absolute atomic E-state index is 12.8. The Morgan fingerprint density at radius 2 is 1.12 bits per heavy atom. The summed E-state index contributed by atoms with van der Waals surface area (Å²) in [7, 11) is -2.37. The Balaban J connectivity index is 2.42. The molecule has 4 heteroatoms. The van der Waals surface area contributed by atoms with E-state index in [2.05, 4.69) is 52.3 Å². The first-order valence-electron chi connectivity index (χ1n) is 8.47. The monoisotopic (exact) mass is 426 g/mol. The molecule has 3 rings (SSSR count). The maximum atomic E-state index is 12.8. The Labute approximate surface area is 163 Å². The summed E-state index contributed by atoms with van der Waals surface area (Å²) >= 11 is 3.67. The summed E-state index contributed by atoms with van der Waals surface area (Å²) in [5, 5.41) is 16.2. The molecule has 0 radical (unpaired) electrons. The summed E-state index contributed by atoms with van der Waals surface area (Å²) in [6, 6.07) is 30.6. The van der Waals surface area contributed by atoms with E-state index in [0.717, 1.165) is 15.9 Å². The van der Waals surface area contributed by atoms with Crippen LogP contribution in [0.2, 0.25) is 0 Å². The van der Waals surface area contributed by atoms with E-state index in [0.29, 0.717) is 10.8 Å². The van der Waals surface area contributed by atoms with Crippen molar-refractivity contribution in [3.05, 3.63) is 101 Å². The first-order valence-corrected chi connectivity index (χ1v) is 11.1. The molecule has 0 saturated heterocycles. The molecule has 0 saturated carbocycles. The fraction of sp³-hybridized carbons (Fsp3) is 0.0909. The van der Waals surface area contributed by atoms with Gasteiger partial charge in [-0.1, -0.05) is 61.5 Å². The molecule has 0 bridgehead atoms. The van der Waals surface area contributed by atoms with Crippen LogP contribution in [0.3, 0.4) is 0 Å². The fourth-order valence-electron chi connectivity index (χ4n) is 3.07. The van der Waals surface area contributed by atoms with Gasteiger partial charge in [0.15, 0.2) is 11.5 Å². The first-order chi connectivity index (χ1) is 12.7. The average Bonchev–Trinajstić information content (AvgIpc) is 2.71. The molecule has 0 heterocycles. The lowest BCUT2D eigenvalue weighted by Crippen LogP contribution is -2.32. The van der Waals surface area contributed by atoms with Crippen LogP contribution in [-0.4, -0.2) is 6.61 Å². The van der Waals surface area contributed by atoms with Crippen molar-refractivity contribution in [2.45, 2.75) is 6.92 Å². The van der Waals surface area contributed by atoms with Crippen molar-refractivity contribution in [1.82, 2.24) is 0 Å². The molecule has 0 spiro atoms. The third-order valence-electron chi connectivity index (χ3n) is 4.17. The minimum absolute atomic E-state index is 0.308. The van der Waals surface area contributed by atoms with Gasteiger partial charge in [0.2, 0.25) is 0 Å². The van der Waals surface area contributed by atoms with Gasteiger partial charge in [0.25, 0.3) is 0 Å². The summed E-state index contributed by atoms with van der Waals surface area (Å²) in [4.78, 5) is 0. The third kappa shape index (κ3) is 3.42. The molecule has 132 valence electrons. The predicted molar refractivity (Wildman–Crippen MR) is 113 cm³/mol. The van der Waals surface area contributed by atoms with E-state index in [9.17, 15) is 5.11 Å². The van der Waals surface area contributed by atoms with Crippen molar-refractivity contribution in [1.29, 1.82) is 0 Å². The highest BCUT2D eigenvalue weighted by atomic mass is 79.9. The van der Waals surface area contributed by atoms with E-state index >= 15 is 0 Å². The van der Waals surface area contributed by atoms with Crippen LogP contribution in [0.4, 0.5) is 0 Å². The number of hydrogen-bond donors (Lipinski definition) is 0. The lowest BCUT2D eigenvalue weighted by atomic mass is 10.4. The summed E-state index contributed by atoms with van der Waals surface area (Å²) in [5.74, 6) is -0.308. The normalized spacial score (nSPS) is 12.4. The smallest absolute Gasteiger partial charge is 0.173 e. The minimum Gasteiger partial charge on any atom is -0.610 e. The molecule has 2 nitrogen and oxygen atoms in total. The van der Waals surface area contributed by atoms with Gasteiger partial charge < -0.3 is 9.84 Å². The van der Waals surface area contributed by atoms with E-state index < -0.39 is 7.26 Å². The Hall–Kier alpha value is -2.09. The molecule has 0 aliphatic rings. The molecule has 3 aromatic carbocycles. The lowest BCUT2D eigenvalue weighted by molar-refractivity contribution is -0.356. The SMILES string of the molecule is CCO/C([O-])=C(\Br)[P+](c1ccccc1)(c1ccccc1)c1ccccc1. The molecule has 0 amide bonds. The van der Waals surface area contributed by atoms with Crippen LogP contribution in [0.5, 0.6) is 0 Å². The van der Waals surface area contributed by atoms with E-state index in [1.165, 1.54) is 0 Å².